The molecule has 0 aliphatic carbocycles. The molecule has 0 aromatic heterocycles. The smallest absolute Gasteiger partial charge is 0.275 e. The predicted molar refractivity (Wildman–Crippen MR) is 110 cm³/mol. The molecule has 1 saturated heterocycles. The zero-order valence-electron chi connectivity index (χ0n) is 16.6. The molecule has 1 heterocycles. The molecular weight excluding hydrogens is 376 g/mol. The van der Waals surface area contributed by atoms with E-state index in [1.165, 1.54) is 4.90 Å². The molecule has 150 valence electrons. The first-order valence-electron chi connectivity index (χ1n) is 9.63. The number of benzene rings is 2. The summed E-state index contributed by atoms with van der Waals surface area (Å²) in [6.07, 6.45) is 2.13. The van der Waals surface area contributed by atoms with Gasteiger partial charge in [0.25, 0.3) is 5.91 Å². The van der Waals surface area contributed by atoms with Gasteiger partial charge in [0.2, 0.25) is 0 Å². The first-order chi connectivity index (χ1) is 13.5. The lowest BCUT2D eigenvalue weighted by atomic mass is 10.0. The van der Waals surface area contributed by atoms with E-state index in [4.69, 9.17) is 21.1 Å². The van der Waals surface area contributed by atoms with Crippen LogP contribution >= 0.6 is 11.6 Å². The molecule has 1 unspecified atom stereocenters. The number of methoxy groups -OCH3 is 2. The van der Waals surface area contributed by atoms with Crippen LogP contribution in [0.4, 0.5) is 0 Å². The van der Waals surface area contributed by atoms with Crippen LogP contribution in [0, 0.1) is 0 Å². The maximum atomic E-state index is 12.7. The van der Waals surface area contributed by atoms with E-state index in [9.17, 15) is 4.79 Å². The lowest BCUT2D eigenvalue weighted by Crippen LogP contribution is -3.11. The monoisotopic (exact) mass is 403 g/mol. The lowest BCUT2D eigenvalue weighted by Gasteiger charge is -2.24. The SMILES string of the molecule is COc1ccc([C@H]2CCC[NH+]2CC(=O)N[C@H](C)c2ccc(Cl)cc2)c(OC)c1. The number of halogens is 1. The van der Waals surface area contributed by atoms with Gasteiger partial charge in [0.15, 0.2) is 6.54 Å². The van der Waals surface area contributed by atoms with Gasteiger partial charge in [-0.1, -0.05) is 23.7 Å². The number of nitrogens with one attached hydrogen (secondary N) is 2. The summed E-state index contributed by atoms with van der Waals surface area (Å²) in [5.74, 6) is 1.64. The van der Waals surface area contributed by atoms with Crippen molar-refractivity contribution in [1.82, 2.24) is 5.32 Å². The van der Waals surface area contributed by atoms with Crippen LogP contribution in [-0.2, 0) is 4.79 Å². The molecule has 2 N–H and O–H groups in total. The van der Waals surface area contributed by atoms with E-state index in [1.807, 2.05) is 43.3 Å². The van der Waals surface area contributed by atoms with E-state index in [2.05, 4.69) is 11.4 Å². The maximum Gasteiger partial charge on any atom is 0.275 e. The molecule has 2 aromatic rings. The standard InChI is InChI=1S/C22H27ClN2O3/c1-15(16-6-8-17(23)9-7-16)24-22(26)14-25-12-4-5-20(25)19-11-10-18(27-2)13-21(19)28-3/h6-11,13,15,20H,4-5,12,14H2,1-3H3,(H,24,26)/p+1/t15-,20-/m1/s1. The third-order valence-corrected chi connectivity index (χ3v) is 5.69. The van der Waals surface area contributed by atoms with Gasteiger partial charge in [-0.05, 0) is 36.8 Å². The van der Waals surface area contributed by atoms with Crippen molar-refractivity contribution < 1.29 is 19.2 Å². The summed E-state index contributed by atoms with van der Waals surface area (Å²) in [5, 5.41) is 3.80. The molecule has 6 heteroatoms. The Balaban J connectivity index is 1.66. The highest BCUT2D eigenvalue weighted by Gasteiger charge is 2.34. The summed E-state index contributed by atoms with van der Waals surface area (Å²) in [6.45, 7) is 3.41. The Morgan fingerprint density at radius 1 is 1.21 bits per heavy atom. The van der Waals surface area contributed by atoms with E-state index >= 15 is 0 Å². The van der Waals surface area contributed by atoms with Gasteiger partial charge in [-0.15, -0.1) is 0 Å². The van der Waals surface area contributed by atoms with Crippen LogP contribution in [0.15, 0.2) is 42.5 Å². The molecule has 5 nitrogen and oxygen atoms in total. The number of quaternary nitrogens is 1. The Hall–Kier alpha value is -2.24. The quantitative estimate of drug-likeness (QED) is 0.747. The highest BCUT2D eigenvalue weighted by molar-refractivity contribution is 6.30. The molecule has 0 radical (unpaired) electrons. The fourth-order valence-corrected chi connectivity index (χ4v) is 4.06. The van der Waals surface area contributed by atoms with Crippen LogP contribution in [0.3, 0.4) is 0 Å². The highest BCUT2D eigenvalue weighted by Crippen LogP contribution is 2.31. The van der Waals surface area contributed by atoms with Crippen LogP contribution in [0.1, 0.15) is 43.0 Å². The molecular formula is C22H28ClN2O3+. The van der Waals surface area contributed by atoms with Crippen LogP contribution in [0.2, 0.25) is 5.02 Å². The topological polar surface area (TPSA) is 52.0 Å². The molecule has 28 heavy (non-hydrogen) atoms. The number of carbonyl (C=O) groups is 1. The van der Waals surface area contributed by atoms with Crippen molar-refractivity contribution in [3.8, 4) is 11.5 Å². The van der Waals surface area contributed by atoms with Gasteiger partial charge in [-0.3, -0.25) is 4.79 Å². The van der Waals surface area contributed by atoms with E-state index < -0.39 is 0 Å². The van der Waals surface area contributed by atoms with E-state index in [1.54, 1.807) is 14.2 Å². The van der Waals surface area contributed by atoms with Crippen molar-refractivity contribution in [3.05, 3.63) is 58.6 Å². The molecule has 0 bridgehead atoms. The van der Waals surface area contributed by atoms with Crippen molar-refractivity contribution in [2.24, 2.45) is 0 Å². The van der Waals surface area contributed by atoms with E-state index in [-0.39, 0.29) is 18.0 Å². The van der Waals surface area contributed by atoms with Crippen LogP contribution in [0.25, 0.3) is 0 Å². The number of hydrogen-bond donors (Lipinski definition) is 2. The number of likely N-dealkylation sites (tertiary alicyclic amines) is 1. The van der Waals surface area contributed by atoms with Gasteiger partial charge >= 0.3 is 0 Å². The fraction of sp³-hybridized carbons (Fsp3) is 0.409. The molecule has 1 aliphatic heterocycles. The minimum absolute atomic E-state index is 0.0526. The highest BCUT2D eigenvalue weighted by atomic mass is 35.5. The van der Waals surface area contributed by atoms with Crippen molar-refractivity contribution >= 4 is 17.5 Å². The fourth-order valence-electron chi connectivity index (χ4n) is 3.94. The third-order valence-electron chi connectivity index (χ3n) is 5.43. The minimum Gasteiger partial charge on any atom is -0.497 e. The number of rotatable bonds is 7. The maximum absolute atomic E-state index is 12.7. The molecule has 0 spiro atoms. The number of ether oxygens (including phenoxy) is 2. The summed E-state index contributed by atoms with van der Waals surface area (Å²) in [5.41, 5.74) is 2.18. The number of hydrogen-bond acceptors (Lipinski definition) is 3. The summed E-state index contributed by atoms with van der Waals surface area (Å²) >= 11 is 5.94. The summed E-state index contributed by atoms with van der Waals surface area (Å²) in [4.78, 5) is 13.9. The number of carbonyl (C=O) groups excluding carboxylic acids is 1. The van der Waals surface area contributed by atoms with Crippen LogP contribution in [0.5, 0.6) is 11.5 Å². The second kappa shape index (κ2) is 9.30. The van der Waals surface area contributed by atoms with Gasteiger partial charge in [-0.2, -0.15) is 0 Å². The summed E-state index contributed by atoms with van der Waals surface area (Å²) in [6, 6.07) is 13.7. The van der Waals surface area contributed by atoms with Gasteiger partial charge in [0.05, 0.1) is 32.4 Å². The van der Waals surface area contributed by atoms with Gasteiger partial charge in [0, 0.05) is 23.9 Å². The molecule has 3 rings (SSSR count). The average molecular weight is 404 g/mol. The Kier molecular flexibility index (Phi) is 6.81. The Morgan fingerprint density at radius 3 is 2.64 bits per heavy atom. The van der Waals surface area contributed by atoms with Crippen molar-refractivity contribution in [2.45, 2.75) is 31.8 Å². The van der Waals surface area contributed by atoms with E-state index in [0.717, 1.165) is 42.0 Å². The predicted octanol–water partition coefficient (Wildman–Crippen LogP) is 2.95. The molecule has 2 aromatic carbocycles. The molecule has 3 atom stereocenters. The Labute approximate surface area is 171 Å². The molecule has 0 saturated carbocycles. The normalized spacial score (nSPS) is 19.9. The van der Waals surface area contributed by atoms with Gasteiger partial charge in [-0.25, -0.2) is 0 Å². The summed E-state index contributed by atoms with van der Waals surface area (Å²) < 4.78 is 10.9. The van der Waals surface area contributed by atoms with E-state index in [0.29, 0.717) is 11.6 Å². The van der Waals surface area contributed by atoms with Gasteiger partial charge < -0.3 is 19.7 Å². The molecule has 1 amide bonds. The lowest BCUT2D eigenvalue weighted by molar-refractivity contribution is -0.910. The zero-order chi connectivity index (χ0) is 20.1. The van der Waals surface area contributed by atoms with Crippen molar-refractivity contribution in [2.75, 3.05) is 27.3 Å². The summed E-state index contributed by atoms with van der Waals surface area (Å²) in [7, 11) is 3.32. The van der Waals surface area contributed by atoms with Crippen LogP contribution < -0.4 is 19.7 Å². The molecule has 1 aliphatic rings. The van der Waals surface area contributed by atoms with Crippen molar-refractivity contribution in [1.29, 1.82) is 0 Å². The second-order valence-electron chi connectivity index (χ2n) is 7.23. The number of amides is 1. The Morgan fingerprint density at radius 2 is 1.96 bits per heavy atom. The first kappa shape index (κ1) is 20.5. The second-order valence-corrected chi connectivity index (χ2v) is 7.66. The van der Waals surface area contributed by atoms with Gasteiger partial charge in [0.1, 0.15) is 17.5 Å². The molecule has 1 fully saturated rings. The largest absolute Gasteiger partial charge is 0.497 e. The third kappa shape index (κ3) is 4.78. The first-order valence-corrected chi connectivity index (χ1v) is 10.0. The van der Waals surface area contributed by atoms with Crippen molar-refractivity contribution in [3.63, 3.8) is 0 Å². The Bertz CT molecular complexity index is 810. The van der Waals surface area contributed by atoms with Crippen LogP contribution in [-0.4, -0.2) is 33.2 Å². The minimum atomic E-state index is -0.0549. The zero-order valence-corrected chi connectivity index (χ0v) is 17.4. The average Bonchev–Trinajstić information content (AvgIpc) is 3.15.